The van der Waals surface area contributed by atoms with Crippen molar-refractivity contribution >= 4 is 29.1 Å². The minimum Gasteiger partial charge on any atom is -0.345 e. The van der Waals surface area contributed by atoms with Crippen molar-refractivity contribution in [1.82, 2.24) is 25.2 Å². The van der Waals surface area contributed by atoms with Crippen molar-refractivity contribution in [2.75, 3.05) is 0 Å². The lowest BCUT2D eigenvalue weighted by Crippen LogP contribution is -2.47. The van der Waals surface area contributed by atoms with E-state index in [4.69, 9.17) is 16.6 Å². The Balaban J connectivity index is 1.69. The van der Waals surface area contributed by atoms with Crippen molar-refractivity contribution in [2.45, 2.75) is 99.3 Å². The standard InChI is InChI=1S/C35H49ClN6O2/c1-23(34(5,6)7)17-20-35(8)38-30(26-11-10-12-27(36)21-26)32(44)42(35)28(18-19-33(2,3)4)24-13-15-25(16-14-24)31(43)37-22-29-39-40-41(29)9/h10-16,21,23,28,40H,17-20,22H2,1-9H3,(H,37,43)/t23?,28-,35?/m1/s1. The van der Waals surface area contributed by atoms with Gasteiger partial charge in [0, 0.05) is 23.2 Å². The van der Waals surface area contributed by atoms with E-state index < -0.39 is 5.66 Å². The topological polar surface area (TPSA) is 95.4 Å². The molecular weight excluding hydrogens is 572 g/mol. The molecule has 0 saturated carbocycles. The fourth-order valence-corrected chi connectivity index (χ4v) is 5.78. The molecule has 2 aromatic carbocycles. The molecule has 0 fully saturated rings. The largest absolute Gasteiger partial charge is 0.345 e. The first kappa shape index (κ1) is 33.5. The van der Waals surface area contributed by atoms with Gasteiger partial charge >= 0.3 is 0 Å². The molecule has 0 saturated heterocycles. The zero-order valence-electron chi connectivity index (χ0n) is 27.8. The molecule has 1 aliphatic heterocycles. The highest BCUT2D eigenvalue weighted by Gasteiger charge is 2.48. The molecule has 0 aliphatic carbocycles. The number of aromatic nitrogens is 3. The van der Waals surface area contributed by atoms with Gasteiger partial charge in [-0.05, 0) is 79.2 Å². The maximum Gasteiger partial charge on any atom is 0.275 e. The molecule has 2 N–H and O–H groups in total. The van der Waals surface area contributed by atoms with Gasteiger partial charge in [-0.25, -0.2) is 5.21 Å². The van der Waals surface area contributed by atoms with Gasteiger partial charge in [-0.2, -0.15) is 0 Å². The molecular formula is C35H49ClN6O2. The predicted octanol–water partition coefficient (Wildman–Crippen LogP) is 7.71. The van der Waals surface area contributed by atoms with Crippen LogP contribution >= 0.6 is 11.6 Å². The highest BCUT2D eigenvalue weighted by molar-refractivity contribution is 6.47. The molecule has 0 radical (unpaired) electrons. The minimum atomic E-state index is -0.740. The number of benzene rings is 2. The van der Waals surface area contributed by atoms with Gasteiger partial charge in [0.25, 0.3) is 11.8 Å². The Morgan fingerprint density at radius 3 is 2.30 bits per heavy atom. The number of aryl methyl sites for hydroxylation is 1. The zero-order valence-corrected chi connectivity index (χ0v) is 28.5. The van der Waals surface area contributed by atoms with Crippen LogP contribution in [0.25, 0.3) is 0 Å². The maximum absolute atomic E-state index is 14.5. The third kappa shape index (κ3) is 7.81. The number of nitrogens with zero attached hydrogens (tertiary/aromatic N) is 4. The van der Waals surface area contributed by atoms with Crippen molar-refractivity contribution in [2.24, 2.45) is 28.8 Å². The molecule has 0 spiro atoms. The van der Waals surface area contributed by atoms with Gasteiger partial charge in [0.15, 0.2) is 5.82 Å². The number of carbonyl (C=O) groups excluding carboxylic acids is 2. The molecule has 3 atom stereocenters. The Bertz CT molecular complexity index is 1490. The summed E-state index contributed by atoms with van der Waals surface area (Å²) < 4.78 is 1.76. The summed E-state index contributed by atoms with van der Waals surface area (Å²) in [6.07, 6.45) is 3.34. The summed E-state index contributed by atoms with van der Waals surface area (Å²) in [7, 11) is 1.85. The molecule has 0 bridgehead atoms. The van der Waals surface area contributed by atoms with E-state index in [0.29, 0.717) is 28.8 Å². The molecule has 1 aliphatic rings. The van der Waals surface area contributed by atoms with Crippen LogP contribution in [-0.2, 0) is 18.4 Å². The summed E-state index contributed by atoms with van der Waals surface area (Å²) in [6.45, 7) is 18.2. The van der Waals surface area contributed by atoms with E-state index in [2.05, 4.69) is 71.0 Å². The number of hydrogen-bond acceptors (Lipinski definition) is 4. The Labute approximate surface area is 267 Å². The number of nitrogens with one attached hydrogen (secondary N) is 2. The first-order valence-electron chi connectivity index (χ1n) is 15.6. The molecule has 4 rings (SSSR count). The van der Waals surface area contributed by atoms with Crippen LogP contribution < -0.4 is 5.32 Å². The van der Waals surface area contributed by atoms with Crippen molar-refractivity contribution in [3.05, 3.63) is 76.1 Å². The van der Waals surface area contributed by atoms with Gasteiger partial charge in [0.05, 0.1) is 12.6 Å². The summed E-state index contributed by atoms with van der Waals surface area (Å²) in [5.41, 5.74) is 2.21. The smallest absolute Gasteiger partial charge is 0.275 e. The van der Waals surface area contributed by atoms with E-state index in [-0.39, 0.29) is 28.7 Å². The van der Waals surface area contributed by atoms with Crippen molar-refractivity contribution in [1.29, 1.82) is 0 Å². The summed E-state index contributed by atoms with van der Waals surface area (Å²) in [5, 5.41) is 10.3. The molecule has 238 valence electrons. The molecule has 2 amide bonds. The number of H-pyrrole nitrogens is 1. The highest BCUT2D eigenvalue weighted by atomic mass is 35.5. The SMILES string of the molecule is CC(CCC1(C)N=C(c2cccc(Cl)c2)C(=O)N1[C@H](CCC(C)(C)C)c1ccc(C(=O)NCc2n[nH]n2C)cc1)C(C)(C)C. The number of carbonyl (C=O) groups is 2. The first-order valence-corrected chi connectivity index (χ1v) is 16.0. The molecule has 8 nitrogen and oxygen atoms in total. The molecule has 2 unspecified atom stereocenters. The number of halogens is 1. The molecule has 2 heterocycles. The minimum absolute atomic E-state index is 0.0703. The summed E-state index contributed by atoms with van der Waals surface area (Å²) in [4.78, 5) is 34.6. The average Bonchev–Trinajstić information content (AvgIpc) is 3.20. The molecule has 44 heavy (non-hydrogen) atoms. The normalized spacial score (nSPS) is 18.8. The van der Waals surface area contributed by atoms with Crippen molar-refractivity contribution < 1.29 is 9.59 Å². The second kappa shape index (κ2) is 12.9. The van der Waals surface area contributed by atoms with E-state index >= 15 is 0 Å². The summed E-state index contributed by atoms with van der Waals surface area (Å²) >= 11 is 6.36. The number of rotatable bonds is 11. The lowest BCUT2D eigenvalue weighted by molar-refractivity contribution is -0.131. The maximum atomic E-state index is 14.5. The Hall–Kier alpha value is -3.39. The zero-order chi connectivity index (χ0) is 32.4. The van der Waals surface area contributed by atoms with Crippen LogP contribution in [0.4, 0.5) is 0 Å². The second-order valence-electron chi connectivity index (χ2n) is 14.8. The lowest BCUT2D eigenvalue weighted by Gasteiger charge is -2.41. The van der Waals surface area contributed by atoms with Gasteiger partial charge in [-0.1, -0.05) is 84.3 Å². The fraction of sp³-hybridized carbons (Fsp3) is 0.543. The van der Waals surface area contributed by atoms with Gasteiger partial charge in [0.2, 0.25) is 0 Å². The van der Waals surface area contributed by atoms with Crippen molar-refractivity contribution in [3.8, 4) is 0 Å². The molecule has 9 heteroatoms. The number of aliphatic imine (C=N–C) groups is 1. The first-order chi connectivity index (χ1) is 20.5. The van der Waals surface area contributed by atoms with Crippen molar-refractivity contribution in [3.63, 3.8) is 0 Å². The van der Waals surface area contributed by atoms with Crippen LogP contribution in [0.15, 0.2) is 53.5 Å². The number of amides is 2. The third-order valence-electron chi connectivity index (χ3n) is 9.08. The van der Waals surface area contributed by atoms with E-state index in [9.17, 15) is 9.59 Å². The fourth-order valence-electron chi connectivity index (χ4n) is 5.59. The summed E-state index contributed by atoms with van der Waals surface area (Å²) in [5.74, 6) is 0.947. The van der Waals surface area contributed by atoms with Crippen LogP contribution in [0.2, 0.25) is 5.02 Å². The Morgan fingerprint density at radius 1 is 1.07 bits per heavy atom. The van der Waals surface area contributed by atoms with Crippen LogP contribution in [0.5, 0.6) is 0 Å². The van der Waals surface area contributed by atoms with E-state index in [1.165, 1.54) is 0 Å². The van der Waals surface area contributed by atoms with E-state index in [1.54, 1.807) is 4.68 Å². The lowest BCUT2D eigenvalue weighted by atomic mass is 9.78. The predicted molar refractivity (Wildman–Crippen MR) is 178 cm³/mol. The Morgan fingerprint density at radius 2 is 1.75 bits per heavy atom. The van der Waals surface area contributed by atoms with Crippen LogP contribution in [0.3, 0.4) is 0 Å². The molecule has 3 aromatic rings. The monoisotopic (exact) mass is 620 g/mol. The number of aromatic amines is 1. The highest BCUT2D eigenvalue weighted by Crippen LogP contribution is 2.43. The van der Waals surface area contributed by atoms with Crippen LogP contribution in [0, 0.1) is 16.7 Å². The average molecular weight is 621 g/mol. The van der Waals surface area contributed by atoms with E-state index in [1.807, 2.05) is 60.5 Å². The molecule has 1 aromatic heterocycles. The van der Waals surface area contributed by atoms with Gasteiger partial charge in [-0.15, -0.1) is 5.10 Å². The van der Waals surface area contributed by atoms with Gasteiger partial charge in [0.1, 0.15) is 11.4 Å². The quantitative estimate of drug-likeness (QED) is 0.230. The van der Waals surface area contributed by atoms with Gasteiger partial charge in [-0.3, -0.25) is 19.3 Å². The Kier molecular flexibility index (Phi) is 9.84. The third-order valence-corrected chi connectivity index (χ3v) is 9.32. The number of hydrogen-bond donors (Lipinski definition) is 2. The van der Waals surface area contributed by atoms with Crippen LogP contribution in [-0.4, -0.2) is 43.1 Å². The second-order valence-corrected chi connectivity index (χ2v) is 15.2. The van der Waals surface area contributed by atoms with Gasteiger partial charge < -0.3 is 10.2 Å². The van der Waals surface area contributed by atoms with E-state index in [0.717, 1.165) is 42.6 Å². The van der Waals surface area contributed by atoms with Crippen LogP contribution in [0.1, 0.15) is 114 Å². The summed E-state index contributed by atoms with van der Waals surface area (Å²) in [6, 6.07) is 14.8.